The van der Waals surface area contributed by atoms with Crippen molar-refractivity contribution < 1.29 is 19.2 Å². The molecule has 0 unspecified atom stereocenters. The van der Waals surface area contributed by atoms with Crippen LogP contribution in [0, 0.1) is 15.5 Å². The molecule has 6 nitrogen and oxygen atoms in total. The largest absolute Gasteiger partial charge is 0.460 e. The van der Waals surface area contributed by atoms with Crippen LogP contribution in [0.3, 0.4) is 0 Å². The Labute approximate surface area is 150 Å². The zero-order valence-corrected chi connectivity index (χ0v) is 14.1. The third kappa shape index (κ3) is 3.01. The second kappa shape index (κ2) is 6.92. The Morgan fingerprint density at radius 3 is 2.38 bits per heavy atom. The zero-order chi connectivity index (χ0) is 18.7. The summed E-state index contributed by atoms with van der Waals surface area (Å²) in [6.07, 6.45) is 3.17. The van der Waals surface area contributed by atoms with Crippen molar-refractivity contribution in [3.63, 3.8) is 0 Å². The second-order valence-corrected chi connectivity index (χ2v) is 6.17. The van der Waals surface area contributed by atoms with Crippen LogP contribution in [0.15, 0.2) is 60.7 Å². The Bertz CT molecular complexity index is 873. The lowest BCUT2D eigenvalue weighted by atomic mass is 9.69. The summed E-state index contributed by atoms with van der Waals surface area (Å²) in [7, 11) is 0. The molecule has 1 aliphatic rings. The highest BCUT2D eigenvalue weighted by molar-refractivity contribution is 6.15. The Balaban J connectivity index is 1.81. The number of non-ortho nitro benzene ring substituents is 1. The first-order valence-electron chi connectivity index (χ1n) is 8.17. The Morgan fingerprint density at radius 2 is 1.85 bits per heavy atom. The summed E-state index contributed by atoms with van der Waals surface area (Å²) in [5.41, 5.74) is 0.00518. The monoisotopic (exact) mass is 351 g/mol. The van der Waals surface area contributed by atoms with Gasteiger partial charge in [0.2, 0.25) is 0 Å². The molecule has 2 atom stereocenters. The van der Waals surface area contributed by atoms with Gasteiger partial charge >= 0.3 is 5.97 Å². The van der Waals surface area contributed by atoms with Gasteiger partial charge in [-0.05, 0) is 31.0 Å². The summed E-state index contributed by atoms with van der Waals surface area (Å²) in [6.45, 7) is 1.71. The number of carbonyl (C=O) groups excluding carboxylic acids is 2. The lowest BCUT2D eigenvalue weighted by Crippen LogP contribution is -2.59. The van der Waals surface area contributed by atoms with Gasteiger partial charge in [-0.2, -0.15) is 0 Å². The molecule has 0 spiro atoms. The SMILES string of the molecule is C[C@@H]1OC(=O)[C@]1(C/C=C/c1ccc([N+](=O)[O-])cc1)C(=O)c1ccccc1. The summed E-state index contributed by atoms with van der Waals surface area (Å²) in [5, 5.41) is 10.7. The second-order valence-electron chi connectivity index (χ2n) is 6.17. The van der Waals surface area contributed by atoms with E-state index < -0.39 is 22.4 Å². The Hall–Kier alpha value is -3.28. The number of nitrogens with zero attached hydrogens (tertiary/aromatic N) is 1. The fraction of sp³-hybridized carbons (Fsp3) is 0.200. The van der Waals surface area contributed by atoms with E-state index in [0.717, 1.165) is 5.56 Å². The number of allylic oxidation sites excluding steroid dienone is 1. The first-order valence-corrected chi connectivity index (χ1v) is 8.17. The summed E-state index contributed by atoms with van der Waals surface area (Å²) in [6, 6.07) is 14.7. The quantitative estimate of drug-likeness (QED) is 0.260. The first kappa shape index (κ1) is 17.5. The van der Waals surface area contributed by atoms with Crippen LogP contribution in [0.25, 0.3) is 6.08 Å². The predicted molar refractivity (Wildman–Crippen MR) is 95.5 cm³/mol. The van der Waals surface area contributed by atoms with Gasteiger partial charge < -0.3 is 4.74 Å². The number of Topliss-reactive ketones (excluding diaryl/α,β-unsaturated/α-hetero) is 1. The Morgan fingerprint density at radius 1 is 1.19 bits per heavy atom. The molecule has 1 heterocycles. The summed E-state index contributed by atoms with van der Waals surface area (Å²) in [4.78, 5) is 35.3. The van der Waals surface area contributed by atoms with Crippen LogP contribution < -0.4 is 0 Å². The fourth-order valence-corrected chi connectivity index (χ4v) is 3.03. The average molecular weight is 351 g/mol. The van der Waals surface area contributed by atoms with Gasteiger partial charge in [0, 0.05) is 17.7 Å². The normalized spacial score (nSPS) is 21.9. The highest BCUT2D eigenvalue weighted by Gasteiger charge is 2.60. The van der Waals surface area contributed by atoms with E-state index in [-0.39, 0.29) is 17.9 Å². The van der Waals surface area contributed by atoms with Crippen LogP contribution in [0.5, 0.6) is 0 Å². The molecule has 1 fully saturated rings. The van der Waals surface area contributed by atoms with Crippen LogP contribution in [0.4, 0.5) is 5.69 Å². The molecule has 1 saturated heterocycles. The minimum atomic E-state index is -1.22. The van der Waals surface area contributed by atoms with Crippen LogP contribution in [-0.2, 0) is 9.53 Å². The van der Waals surface area contributed by atoms with E-state index in [2.05, 4.69) is 0 Å². The van der Waals surface area contributed by atoms with Gasteiger partial charge in [-0.25, -0.2) is 0 Å². The van der Waals surface area contributed by atoms with E-state index in [4.69, 9.17) is 4.74 Å². The molecule has 0 radical (unpaired) electrons. The van der Waals surface area contributed by atoms with Gasteiger partial charge in [-0.1, -0.05) is 42.5 Å². The summed E-state index contributed by atoms with van der Waals surface area (Å²) in [5.74, 6) is -0.776. The van der Waals surface area contributed by atoms with E-state index >= 15 is 0 Å². The van der Waals surface area contributed by atoms with Crippen molar-refractivity contribution in [1.29, 1.82) is 0 Å². The van der Waals surface area contributed by atoms with Crippen molar-refractivity contribution in [2.45, 2.75) is 19.4 Å². The van der Waals surface area contributed by atoms with Gasteiger partial charge in [0.05, 0.1) is 4.92 Å². The molecule has 2 aromatic carbocycles. The predicted octanol–water partition coefficient (Wildman–Crippen LogP) is 3.81. The number of rotatable bonds is 6. The molecule has 1 aliphatic heterocycles. The average Bonchev–Trinajstić information content (AvgIpc) is 2.66. The van der Waals surface area contributed by atoms with E-state index in [1.54, 1.807) is 61.5 Å². The lowest BCUT2D eigenvalue weighted by molar-refractivity contribution is -0.384. The smallest absolute Gasteiger partial charge is 0.324 e. The molecule has 26 heavy (non-hydrogen) atoms. The van der Waals surface area contributed by atoms with E-state index in [1.165, 1.54) is 12.1 Å². The molecule has 132 valence electrons. The van der Waals surface area contributed by atoms with E-state index in [1.807, 2.05) is 0 Å². The lowest BCUT2D eigenvalue weighted by Gasteiger charge is -2.43. The minimum absolute atomic E-state index is 0.00840. The number of cyclic esters (lactones) is 1. The number of benzene rings is 2. The van der Waals surface area contributed by atoms with Crippen molar-refractivity contribution in [3.8, 4) is 0 Å². The number of carbonyl (C=O) groups is 2. The Kier molecular flexibility index (Phi) is 4.67. The van der Waals surface area contributed by atoms with Gasteiger partial charge in [0.25, 0.3) is 5.69 Å². The van der Waals surface area contributed by atoms with Gasteiger partial charge in [0.1, 0.15) is 6.10 Å². The number of nitro benzene ring substituents is 1. The molecule has 0 aromatic heterocycles. The van der Waals surface area contributed by atoms with Crippen molar-refractivity contribution in [2.24, 2.45) is 5.41 Å². The van der Waals surface area contributed by atoms with Gasteiger partial charge in [0.15, 0.2) is 11.2 Å². The standard InChI is InChI=1S/C20H17NO5/c1-14-20(19(23)26-14,18(22)16-7-3-2-4-8-16)13-5-6-15-9-11-17(12-10-15)21(24)25/h2-12,14H,13H2,1H3/b6-5+/t14-,20-/m0/s1. The number of hydrogen-bond donors (Lipinski definition) is 0. The van der Waals surface area contributed by atoms with Crippen LogP contribution in [0.1, 0.15) is 29.3 Å². The van der Waals surface area contributed by atoms with Crippen LogP contribution in [0.2, 0.25) is 0 Å². The number of esters is 1. The molecule has 0 aliphatic carbocycles. The number of ketones is 1. The highest BCUT2D eigenvalue weighted by atomic mass is 16.6. The summed E-state index contributed by atoms with van der Waals surface area (Å²) >= 11 is 0. The summed E-state index contributed by atoms with van der Waals surface area (Å²) < 4.78 is 5.07. The van der Waals surface area contributed by atoms with Crippen LogP contribution >= 0.6 is 0 Å². The zero-order valence-electron chi connectivity index (χ0n) is 14.1. The minimum Gasteiger partial charge on any atom is -0.460 e. The molecule has 0 saturated carbocycles. The maximum atomic E-state index is 12.9. The van der Waals surface area contributed by atoms with Gasteiger partial charge in [-0.15, -0.1) is 0 Å². The molecule has 0 bridgehead atoms. The first-order chi connectivity index (χ1) is 12.4. The molecular formula is C20H17NO5. The maximum absolute atomic E-state index is 12.9. The third-order valence-electron chi connectivity index (χ3n) is 4.64. The van der Waals surface area contributed by atoms with Crippen LogP contribution in [-0.4, -0.2) is 22.8 Å². The number of hydrogen-bond acceptors (Lipinski definition) is 5. The van der Waals surface area contributed by atoms with E-state index in [0.29, 0.717) is 5.56 Å². The fourth-order valence-electron chi connectivity index (χ4n) is 3.03. The number of ether oxygens (including phenoxy) is 1. The third-order valence-corrected chi connectivity index (χ3v) is 4.64. The maximum Gasteiger partial charge on any atom is 0.324 e. The molecule has 0 amide bonds. The topological polar surface area (TPSA) is 86.5 Å². The van der Waals surface area contributed by atoms with Gasteiger partial charge in [-0.3, -0.25) is 19.7 Å². The number of nitro groups is 1. The molecule has 3 rings (SSSR count). The molecule has 6 heteroatoms. The highest BCUT2D eigenvalue weighted by Crippen LogP contribution is 2.43. The molecule has 2 aromatic rings. The van der Waals surface area contributed by atoms with E-state index in [9.17, 15) is 19.7 Å². The van der Waals surface area contributed by atoms with Crippen molar-refractivity contribution >= 4 is 23.5 Å². The van der Waals surface area contributed by atoms with Crippen molar-refractivity contribution in [2.75, 3.05) is 0 Å². The molecular weight excluding hydrogens is 334 g/mol. The molecule has 0 N–H and O–H groups in total. The van der Waals surface area contributed by atoms with Crippen molar-refractivity contribution in [1.82, 2.24) is 0 Å². The van der Waals surface area contributed by atoms with Crippen molar-refractivity contribution in [3.05, 3.63) is 81.9 Å².